The summed E-state index contributed by atoms with van der Waals surface area (Å²) in [6.07, 6.45) is 0. The first-order valence-corrected chi connectivity index (χ1v) is 5.04. The van der Waals surface area contributed by atoms with Crippen molar-refractivity contribution in [2.24, 2.45) is 0 Å². The summed E-state index contributed by atoms with van der Waals surface area (Å²) in [6, 6.07) is 3.74. The van der Waals surface area contributed by atoms with Crippen LogP contribution in [0.2, 0.25) is 0 Å². The van der Waals surface area contributed by atoms with Crippen LogP contribution in [0.4, 0.5) is 6.01 Å². The highest BCUT2D eigenvalue weighted by Gasteiger charge is 2.12. The molecule has 0 saturated heterocycles. The molecule has 8 heteroatoms. The first kappa shape index (κ1) is 11.8. The molecule has 82 valence electrons. The largest absolute Gasteiger partial charge is 0.424 e. The maximum absolute atomic E-state index is 10.7. The van der Waals surface area contributed by atoms with Crippen molar-refractivity contribution in [2.45, 2.75) is 4.90 Å². The van der Waals surface area contributed by atoms with Crippen LogP contribution in [0.3, 0.4) is 0 Å². The smallest absolute Gasteiger partial charge is 0.294 e. The predicted molar refractivity (Wildman–Crippen MR) is 55.5 cm³/mol. The SMILES string of the molecule is Cl.Nc1nc2ccc(S(=O)(=O)O)cc2o1. The van der Waals surface area contributed by atoms with Gasteiger partial charge in [0.1, 0.15) is 5.52 Å². The Hall–Kier alpha value is -1.31. The Morgan fingerprint density at radius 1 is 1.40 bits per heavy atom. The molecule has 0 bridgehead atoms. The lowest BCUT2D eigenvalue weighted by molar-refractivity contribution is 0.483. The fraction of sp³-hybridized carbons (Fsp3) is 0. The van der Waals surface area contributed by atoms with Gasteiger partial charge in [-0.25, -0.2) is 0 Å². The highest BCUT2D eigenvalue weighted by molar-refractivity contribution is 7.85. The molecule has 0 radical (unpaired) electrons. The molecule has 3 N–H and O–H groups in total. The molecule has 2 aromatic rings. The van der Waals surface area contributed by atoms with Crippen molar-refractivity contribution < 1.29 is 17.4 Å². The van der Waals surface area contributed by atoms with Crippen LogP contribution in [0, 0.1) is 0 Å². The summed E-state index contributed by atoms with van der Waals surface area (Å²) in [5, 5.41) is 0. The van der Waals surface area contributed by atoms with Gasteiger partial charge in [0.25, 0.3) is 16.1 Å². The van der Waals surface area contributed by atoms with Gasteiger partial charge in [-0.2, -0.15) is 13.4 Å². The summed E-state index contributed by atoms with van der Waals surface area (Å²) in [6.45, 7) is 0. The van der Waals surface area contributed by atoms with Crippen LogP contribution in [0.5, 0.6) is 0 Å². The maximum atomic E-state index is 10.7. The van der Waals surface area contributed by atoms with Crippen molar-refractivity contribution in [3.05, 3.63) is 18.2 Å². The molecule has 0 spiro atoms. The van der Waals surface area contributed by atoms with Crippen LogP contribution in [-0.2, 0) is 10.1 Å². The van der Waals surface area contributed by atoms with E-state index < -0.39 is 10.1 Å². The lowest BCUT2D eigenvalue weighted by Crippen LogP contribution is -1.96. The Bertz CT molecular complexity index is 592. The molecule has 0 amide bonds. The van der Waals surface area contributed by atoms with Crippen molar-refractivity contribution in [3.63, 3.8) is 0 Å². The highest BCUT2D eigenvalue weighted by Crippen LogP contribution is 2.20. The summed E-state index contributed by atoms with van der Waals surface area (Å²) in [5.41, 5.74) is 5.92. The number of hydrogen-bond acceptors (Lipinski definition) is 5. The van der Waals surface area contributed by atoms with Crippen LogP contribution >= 0.6 is 12.4 Å². The van der Waals surface area contributed by atoms with E-state index in [4.69, 9.17) is 14.7 Å². The van der Waals surface area contributed by atoms with Crippen molar-refractivity contribution in [1.29, 1.82) is 0 Å². The van der Waals surface area contributed by atoms with Crippen LogP contribution in [0.25, 0.3) is 11.1 Å². The van der Waals surface area contributed by atoms with Crippen LogP contribution in [0.15, 0.2) is 27.5 Å². The lowest BCUT2D eigenvalue weighted by Gasteiger charge is -1.94. The molecule has 0 aliphatic carbocycles. The fourth-order valence-electron chi connectivity index (χ4n) is 1.08. The van der Waals surface area contributed by atoms with E-state index in [0.717, 1.165) is 6.07 Å². The number of halogens is 1. The normalized spacial score (nSPS) is 11.3. The Labute approximate surface area is 91.2 Å². The second-order valence-corrected chi connectivity index (χ2v) is 4.08. The van der Waals surface area contributed by atoms with E-state index in [-0.39, 0.29) is 28.9 Å². The van der Waals surface area contributed by atoms with Crippen molar-refractivity contribution >= 4 is 39.6 Å². The van der Waals surface area contributed by atoms with Gasteiger partial charge in [-0.1, -0.05) is 0 Å². The minimum absolute atomic E-state index is 0. The van der Waals surface area contributed by atoms with Gasteiger partial charge in [0.2, 0.25) is 0 Å². The molecular formula is C7H7ClN2O4S. The van der Waals surface area contributed by atoms with E-state index in [9.17, 15) is 8.42 Å². The van der Waals surface area contributed by atoms with Gasteiger partial charge in [-0.15, -0.1) is 12.4 Å². The highest BCUT2D eigenvalue weighted by atomic mass is 35.5. The number of oxazole rings is 1. The Morgan fingerprint density at radius 3 is 2.67 bits per heavy atom. The quantitative estimate of drug-likeness (QED) is 0.734. The molecular weight excluding hydrogens is 244 g/mol. The van der Waals surface area contributed by atoms with Gasteiger partial charge >= 0.3 is 0 Å². The van der Waals surface area contributed by atoms with Gasteiger partial charge < -0.3 is 10.2 Å². The predicted octanol–water partition coefficient (Wildman–Crippen LogP) is 1.08. The molecule has 0 atom stereocenters. The molecule has 0 fully saturated rings. The van der Waals surface area contributed by atoms with Crippen molar-refractivity contribution in [1.82, 2.24) is 4.98 Å². The number of nitrogen functional groups attached to an aromatic ring is 1. The molecule has 1 heterocycles. The monoisotopic (exact) mass is 250 g/mol. The second-order valence-electron chi connectivity index (χ2n) is 2.66. The molecule has 1 aromatic heterocycles. The van der Waals surface area contributed by atoms with Gasteiger partial charge in [0.05, 0.1) is 4.90 Å². The van der Waals surface area contributed by atoms with Gasteiger partial charge in [-0.05, 0) is 12.1 Å². The number of nitrogens with zero attached hydrogens (tertiary/aromatic N) is 1. The van der Waals surface area contributed by atoms with Crippen LogP contribution in [-0.4, -0.2) is 18.0 Å². The lowest BCUT2D eigenvalue weighted by atomic mass is 10.3. The average Bonchev–Trinajstić information content (AvgIpc) is 2.41. The number of aromatic nitrogens is 1. The maximum Gasteiger partial charge on any atom is 0.294 e. The van der Waals surface area contributed by atoms with E-state index in [1.54, 1.807) is 0 Å². The summed E-state index contributed by atoms with van der Waals surface area (Å²) in [5.74, 6) is 0. The number of rotatable bonds is 1. The molecule has 6 nitrogen and oxygen atoms in total. The Kier molecular flexibility index (Phi) is 2.89. The number of anilines is 1. The zero-order valence-electron chi connectivity index (χ0n) is 7.25. The molecule has 1 aromatic carbocycles. The number of hydrogen-bond donors (Lipinski definition) is 2. The van der Waals surface area contributed by atoms with E-state index in [1.165, 1.54) is 12.1 Å². The van der Waals surface area contributed by atoms with E-state index in [1.807, 2.05) is 0 Å². The van der Waals surface area contributed by atoms with E-state index >= 15 is 0 Å². The first-order valence-electron chi connectivity index (χ1n) is 3.60. The zero-order chi connectivity index (χ0) is 10.3. The van der Waals surface area contributed by atoms with Crippen LogP contribution < -0.4 is 5.73 Å². The van der Waals surface area contributed by atoms with E-state index in [2.05, 4.69) is 4.98 Å². The van der Waals surface area contributed by atoms with Gasteiger partial charge in [0.15, 0.2) is 5.58 Å². The van der Waals surface area contributed by atoms with Crippen molar-refractivity contribution in [2.75, 3.05) is 5.73 Å². The van der Waals surface area contributed by atoms with E-state index in [0.29, 0.717) is 5.52 Å². The molecule has 0 saturated carbocycles. The number of nitrogens with two attached hydrogens (primary N) is 1. The fourth-order valence-corrected chi connectivity index (χ4v) is 1.58. The minimum Gasteiger partial charge on any atom is -0.424 e. The molecule has 2 rings (SSSR count). The molecule has 0 aliphatic heterocycles. The Balaban J connectivity index is 0.00000112. The average molecular weight is 251 g/mol. The zero-order valence-corrected chi connectivity index (χ0v) is 8.88. The van der Waals surface area contributed by atoms with Gasteiger partial charge in [-0.3, -0.25) is 4.55 Å². The number of benzene rings is 1. The molecule has 0 aliphatic rings. The number of fused-ring (bicyclic) bond motifs is 1. The third kappa shape index (κ3) is 2.20. The second kappa shape index (κ2) is 3.69. The summed E-state index contributed by atoms with van der Waals surface area (Å²) < 4.78 is 35.1. The molecule has 0 unspecified atom stereocenters. The topological polar surface area (TPSA) is 106 Å². The minimum atomic E-state index is -4.21. The Morgan fingerprint density at radius 2 is 2.07 bits per heavy atom. The first-order chi connectivity index (χ1) is 6.47. The third-order valence-corrected chi connectivity index (χ3v) is 2.52. The summed E-state index contributed by atoms with van der Waals surface area (Å²) in [7, 11) is -4.21. The van der Waals surface area contributed by atoms with Gasteiger partial charge in [0, 0.05) is 6.07 Å². The molecule has 15 heavy (non-hydrogen) atoms. The van der Waals surface area contributed by atoms with Crippen LogP contribution in [0.1, 0.15) is 0 Å². The third-order valence-electron chi connectivity index (χ3n) is 1.67. The summed E-state index contributed by atoms with van der Waals surface area (Å²) in [4.78, 5) is 3.52. The van der Waals surface area contributed by atoms with Crippen molar-refractivity contribution in [3.8, 4) is 0 Å². The standard InChI is InChI=1S/C7H6N2O4S.ClH/c8-7-9-5-2-1-4(14(10,11)12)3-6(5)13-7;/h1-3H,(H2,8,9)(H,10,11,12);1H. The summed E-state index contributed by atoms with van der Waals surface area (Å²) >= 11 is 0.